The van der Waals surface area contributed by atoms with E-state index in [0.29, 0.717) is 0 Å². The fraction of sp³-hybridized carbons (Fsp3) is 0.0833. The van der Waals surface area contributed by atoms with Crippen molar-refractivity contribution in [3.63, 3.8) is 0 Å². The summed E-state index contributed by atoms with van der Waals surface area (Å²) < 4.78 is 12.9. The van der Waals surface area contributed by atoms with Gasteiger partial charge in [0.15, 0.2) is 0 Å². The molecule has 0 N–H and O–H groups in total. The van der Waals surface area contributed by atoms with E-state index < -0.39 is 0 Å². The van der Waals surface area contributed by atoms with Crippen molar-refractivity contribution in [3.8, 4) is 11.1 Å². The normalized spacial score (nSPS) is 10.1. The second-order valence-electron chi connectivity index (χ2n) is 3.13. The number of pyridine rings is 1. The highest BCUT2D eigenvalue weighted by molar-refractivity contribution is 5.62. The summed E-state index contributed by atoms with van der Waals surface area (Å²) in [6.07, 6.45) is 1.73. The predicted octanol–water partition coefficient (Wildman–Crippen LogP) is 3.00. The number of aromatic nitrogens is 1. The molecule has 69 valence electrons. The zero-order chi connectivity index (χ0) is 9.97. The maximum Gasteiger partial charge on any atom is 0.124 e. The summed E-state index contributed by atoms with van der Waals surface area (Å²) in [7, 11) is 0. The van der Waals surface area contributed by atoms with E-state index in [1.165, 1.54) is 12.1 Å². The molecule has 0 saturated carbocycles. The summed E-state index contributed by atoms with van der Waals surface area (Å²) in [4.78, 5) is 4.15. The summed E-state index contributed by atoms with van der Waals surface area (Å²) >= 11 is 0. The Morgan fingerprint density at radius 1 is 1.21 bits per heavy atom. The van der Waals surface area contributed by atoms with E-state index in [1.54, 1.807) is 12.3 Å². The first-order chi connectivity index (χ1) is 6.75. The van der Waals surface area contributed by atoms with Crippen LogP contribution in [-0.2, 0) is 0 Å². The number of halogens is 1. The van der Waals surface area contributed by atoms with E-state index in [0.717, 1.165) is 16.8 Å². The molecule has 1 heterocycles. The number of hydrogen-bond donors (Lipinski definition) is 0. The molecular weight excluding hydrogens is 177 g/mol. The molecule has 0 spiro atoms. The molecule has 0 atom stereocenters. The molecule has 0 aliphatic heterocycles. The van der Waals surface area contributed by atoms with Crippen molar-refractivity contribution in [2.75, 3.05) is 0 Å². The van der Waals surface area contributed by atoms with E-state index in [9.17, 15) is 4.39 Å². The van der Waals surface area contributed by atoms with Gasteiger partial charge in [0.25, 0.3) is 0 Å². The molecule has 2 heteroatoms. The maximum atomic E-state index is 12.9. The van der Waals surface area contributed by atoms with Crippen LogP contribution < -0.4 is 0 Å². The molecule has 0 bridgehead atoms. The molecule has 1 aromatic heterocycles. The Bertz CT molecular complexity index is 434. The summed E-state index contributed by atoms with van der Waals surface area (Å²) in [5.74, 6) is -0.275. The quantitative estimate of drug-likeness (QED) is 0.667. The molecule has 1 radical (unpaired) electrons. The van der Waals surface area contributed by atoms with Crippen molar-refractivity contribution in [2.45, 2.75) is 6.92 Å². The van der Waals surface area contributed by atoms with Gasteiger partial charge in [0, 0.05) is 17.5 Å². The zero-order valence-electron chi connectivity index (χ0n) is 7.79. The summed E-state index contributed by atoms with van der Waals surface area (Å²) in [5, 5.41) is 0. The van der Waals surface area contributed by atoms with Gasteiger partial charge in [0.1, 0.15) is 5.82 Å². The Balaban J connectivity index is 2.44. The lowest BCUT2D eigenvalue weighted by molar-refractivity contribution is 0.628. The average molecular weight is 186 g/mol. The molecule has 0 amide bonds. The molecule has 0 saturated heterocycles. The molecule has 1 aromatic carbocycles. The van der Waals surface area contributed by atoms with Gasteiger partial charge in [-0.3, -0.25) is 4.98 Å². The molecule has 0 unspecified atom stereocenters. The highest BCUT2D eigenvalue weighted by Crippen LogP contribution is 2.18. The monoisotopic (exact) mass is 186 g/mol. The van der Waals surface area contributed by atoms with Crippen molar-refractivity contribution < 1.29 is 4.39 Å². The van der Waals surface area contributed by atoms with Crippen LogP contribution in [0.25, 0.3) is 11.1 Å². The van der Waals surface area contributed by atoms with Crippen LogP contribution in [0.1, 0.15) is 5.69 Å². The minimum absolute atomic E-state index is 0.275. The lowest BCUT2D eigenvalue weighted by atomic mass is 10.1. The average Bonchev–Trinajstić information content (AvgIpc) is 2.19. The van der Waals surface area contributed by atoms with Crippen LogP contribution in [0.15, 0.2) is 36.5 Å². The lowest BCUT2D eigenvalue weighted by Gasteiger charge is -2.00. The Kier molecular flexibility index (Phi) is 2.27. The Hall–Kier alpha value is -1.70. The SMILES string of the molecule is Cc1ccc(-c2c[c]cc(F)c2)cn1. The standard InChI is InChI=1S/C12H9FN/c1-9-5-6-11(8-14-9)10-3-2-4-12(13)7-10/h3-8H,1H3. The van der Waals surface area contributed by atoms with Gasteiger partial charge in [-0.25, -0.2) is 4.39 Å². The molecule has 0 fully saturated rings. The van der Waals surface area contributed by atoms with Crippen molar-refractivity contribution >= 4 is 0 Å². The number of benzene rings is 1. The highest BCUT2D eigenvalue weighted by atomic mass is 19.1. The largest absolute Gasteiger partial charge is 0.261 e. The zero-order valence-corrected chi connectivity index (χ0v) is 7.79. The van der Waals surface area contributed by atoms with Crippen molar-refractivity contribution in [3.05, 3.63) is 54.1 Å². The maximum absolute atomic E-state index is 12.9. The molecule has 0 aliphatic rings. The van der Waals surface area contributed by atoms with E-state index in [2.05, 4.69) is 11.1 Å². The van der Waals surface area contributed by atoms with E-state index in [1.807, 2.05) is 19.1 Å². The van der Waals surface area contributed by atoms with Crippen LogP contribution in [0.3, 0.4) is 0 Å². The second kappa shape index (κ2) is 3.58. The fourth-order valence-corrected chi connectivity index (χ4v) is 1.25. The number of rotatable bonds is 1. The molecule has 0 aliphatic carbocycles. The van der Waals surface area contributed by atoms with Crippen LogP contribution >= 0.6 is 0 Å². The first-order valence-corrected chi connectivity index (χ1v) is 4.35. The van der Waals surface area contributed by atoms with Crippen LogP contribution in [0.4, 0.5) is 4.39 Å². The van der Waals surface area contributed by atoms with Gasteiger partial charge >= 0.3 is 0 Å². The topological polar surface area (TPSA) is 12.9 Å². The number of hydrogen-bond acceptors (Lipinski definition) is 1. The Labute approximate surface area is 82.2 Å². The number of aryl methyl sites for hydroxylation is 1. The molecule has 1 nitrogen and oxygen atoms in total. The molecule has 14 heavy (non-hydrogen) atoms. The summed E-state index contributed by atoms with van der Waals surface area (Å²) in [5.41, 5.74) is 2.66. The van der Waals surface area contributed by atoms with Gasteiger partial charge in [0.05, 0.1) is 0 Å². The van der Waals surface area contributed by atoms with Crippen molar-refractivity contribution in [1.82, 2.24) is 4.98 Å². The van der Waals surface area contributed by atoms with Gasteiger partial charge in [-0.15, -0.1) is 0 Å². The third kappa shape index (κ3) is 1.79. The number of nitrogens with zero attached hydrogens (tertiary/aromatic N) is 1. The second-order valence-corrected chi connectivity index (χ2v) is 3.13. The predicted molar refractivity (Wildman–Crippen MR) is 53.2 cm³/mol. The summed E-state index contributed by atoms with van der Waals surface area (Å²) in [6.45, 7) is 1.92. The third-order valence-electron chi connectivity index (χ3n) is 2.00. The minimum Gasteiger partial charge on any atom is -0.261 e. The van der Waals surface area contributed by atoms with E-state index in [-0.39, 0.29) is 5.82 Å². The van der Waals surface area contributed by atoms with E-state index >= 15 is 0 Å². The van der Waals surface area contributed by atoms with Gasteiger partial charge < -0.3 is 0 Å². The fourth-order valence-electron chi connectivity index (χ4n) is 1.25. The minimum atomic E-state index is -0.275. The highest BCUT2D eigenvalue weighted by Gasteiger charge is 1.98. The van der Waals surface area contributed by atoms with E-state index in [4.69, 9.17) is 0 Å². The first-order valence-electron chi connectivity index (χ1n) is 4.35. The van der Waals surface area contributed by atoms with Crippen LogP contribution in [0, 0.1) is 18.8 Å². The van der Waals surface area contributed by atoms with Gasteiger partial charge in [-0.2, -0.15) is 0 Å². The van der Waals surface area contributed by atoms with Crippen molar-refractivity contribution in [1.29, 1.82) is 0 Å². The Morgan fingerprint density at radius 2 is 2.07 bits per heavy atom. The van der Waals surface area contributed by atoms with Crippen LogP contribution in [0.5, 0.6) is 0 Å². The van der Waals surface area contributed by atoms with Crippen LogP contribution in [-0.4, -0.2) is 4.98 Å². The Morgan fingerprint density at radius 3 is 2.71 bits per heavy atom. The van der Waals surface area contributed by atoms with Crippen molar-refractivity contribution in [2.24, 2.45) is 0 Å². The van der Waals surface area contributed by atoms with Gasteiger partial charge in [-0.1, -0.05) is 6.07 Å². The smallest absolute Gasteiger partial charge is 0.124 e. The van der Waals surface area contributed by atoms with Gasteiger partial charge in [0.2, 0.25) is 0 Å². The van der Waals surface area contributed by atoms with Gasteiger partial charge in [-0.05, 0) is 42.8 Å². The molecular formula is C12H9FN. The van der Waals surface area contributed by atoms with Crippen LogP contribution in [0.2, 0.25) is 0 Å². The molecule has 2 rings (SSSR count). The lowest BCUT2D eigenvalue weighted by Crippen LogP contribution is -1.83. The first kappa shape index (κ1) is 8.88. The summed E-state index contributed by atoms with van der Waals surface area (Å²) in [6, 6.07) is 11.1. The third-order valence-corrected chi connectivity index (χ3v) is 2.00. The molecule has 2 aromatic rings.